The smallest absolute Gasteiger partial charge is 0.243 e. The molecular formula is C17H13N5O2S2. The lowest BCUT2D eigenvalue weighted by Crippen LogP contribution is -2.23. The van der Waals surface area contributed by atoms with Crippen molar-refractivity contribution in [1.82, 2.24) is 23.4 Å². The predicted octanol–water partition coefficient (Wildman–Crippen LogP) is 2.63. The number of nitrogens with zero attached hydrogens (tertiary/aromatic N) is 4. The normalized spacial score (nSPS) is 11.7. The van der Waals surface area contributed by atoms with Crippen LogP contribution in [-0.2, 0) is 16.6 Å². The molecule has 0 aliphatic rings. The van der Waals surface area contributed by atoms with E-state index in [4.69, 9.17) is 0 Å². The summed E-state index contributed by atoms with van der Waals surface area (Å²) in [6.07, 6.45) is 5.08. The number of nitrogens with one attached hydrogen (secondary N) is 1. The van der Waals surface area contributed by atoms with Crippen LogP contribution in [0.15, 0.2) is 66.0 Å². The topological polar surface area (TPSA) is 97.7 Å². The zero-order chi connectivity index (χ0) is 18.0. The molecule has 3 heterocycles. The average molecular weight is 383 g/mol. The van der Waals surface area contributed by atoms with Crippen LogP contribution in [0.1, 0.15) is 5.56 Å². The summed E-state index contributed by atoms with van der Waals surface area (Å²) < 4.78 is 35.9. The van der Waals surface area contributed by atoms with Crippen molar-refractivity contribution in [2.45, 2.75) is 11.4 Å². The van der Waals surface area contributed by atoms with Crippen LogP contribution in [0.3, 0.4) is 0 Å². The van der Waals surface area contributed by atoms with Crippen molar-refractivity contribution in [2.75, 3.05) is 0 Å². The Morgan fingerprint density at radius 2 is 1.92 bits per heavy atom. The number of sulfonamides is 1. The van der Waals surface area contributed by atoms with E-state index in [-0.39, 0.29) is 11.4 Å². The summed E-state index contributed by atoms with van der Waals surface area (Å²) in [6.45, 7) is 0.136. The third kappa shape index (κ3) is 3.32. The van der Waals surface area contributed by atoms with Crippen LogP contribution < -0.4 is 4.72 Å². The van der Waals surface area contributed by atoms with Gasteiger partial charge in [0, 0.05) is 30.7 Å². The summed E-state index contributed by atoms with van der Waals surface area (Å²) in [5.74, 6) is 0. The van der Waals surface area contributed by atoms with Crippen molar-refractivity contribution in [3.8, 4) is 11.3 Å². The van der Waals surface area contributed by atoms with Gasteiger partial charge < -0.3 is 0 Å². The zero-order valence-electron chi connectivity index (χ0n) is 13.4. The monoisotopic (exact) mass is 383 g/mol. The van der Waals surface area contributed by atoms with Gasteiger partial charge in [-0.2, -0.15) is 8.75 Å². The first kappa shape index (κ1) is 16.7. The Bertz CT molecular complexity index is 1140. The molecule has 7 nitrogen and oxygen atoms in total. The van der Waals surface area contributed by atoms with Crippen LogP contribution in [0, 0.1) is 0 Å². The maximum atomic E-state index is 12.6. The van der Waals surface area contributed by atoms with E-state index in [2.05, 4.69) is 23.4 Å². The molecule has 4 aromatic rings. The van der Waals surface area contributed by atoms with E-state index in [1.54, 1.807) is 30.7 Å². The van der Waals surface area contributed by atoms with Gasteiger partial charge in [-0.3, -0.25) is 9.97 Å². The minimum absolute atomic E-state index is 0.128. The highest BCUT2D eigenvalue weighted by atomic mass is 32.2. The lowest BCUT2D eigenvalue weighted by Gasteiger charge is -2.08. The second-order valence-corrected chi connectivity index (χ2v) is 7.77. The molecule has 0 aliphatic carbocycles. The van der Waals surface area contributed by atoms with Crippen LogP contribution in [0.5, 0.6) is 0 Å². The van der Waals surface area contributed by atoms with Gasteiger partial charge in [0.05, 0.1) is 17.4 Å². The lowest BCUT2D eigenvalue weighted by atomic mass is 10.1. The van der Waals surface area contributed by atoms with Gasteiger partial charge in [-0.25, -0.2) is 13.1 Å². The first-order valence-corrected chi connectivity index (χ1v) is 9.91. The molecule has 0 saturated heterocycles. The minimum Gasteiger partial charge on any atom is -0.264 e. The fourth-order valence-corrected chi connectivity index (χ4v) is 4.25. The molecule has 0 atom stereocenters. The van der Waals surface area contributed by atoms with Gasteiger partial charge in [-0.05, 0) is 35.9 Å². The molecule has 0 fully saturated rings. The summed E-state index contributed by atoms with van der Waals surface area (Å²) in [7, 11) is -3.70. The Hall–Kier alpha value is -2.75. The van der Waals surface area contributed by atoms with Crippen molar-refractivity contribution < 1.29 is 8.42 Å². The fourth-order valence-electron chi connectivity index (χ4n) is 2.47. The molecule has 1 N–H and O–H groups in total. The van der Waals surface area contributed by atoms with Crippen molar-refractivity contribution in [1.29, 1.82) is 0 Å². The largest absolute Gasteiger partial charge is 0.264 e. The van der Waals surface area contributed by atoms with Crippen LogP contribution in [0.4, 0.5) is 0 Å². The molecule has 0 saturated carbocycles. The van der Waals surface area contributed by atoms with Crippen molar-refractivity contribution in [3.05, 3.63) is 66.6 Å². The molecule has 0 radical (unpaired) electrons. The van der Waals surface area contributed by atoms with Gasteiger partial charge in [0.25, 0.3) is 0 Å². The highest BCUT2D eigenvalue weighted by molar-refractivity contribution is 7.89. The van der Waals surface area contributed by atoms with E-state index in [0.29, 0.717) is 11.0 Å². The van der Waals surface area contributed by atoms with E-state index in [9.17, 15) is 8.42 Å². The number of fused-ring (bicyclic) bond motifs is 1. The summed E-state index contributed by atoms with van der Waals surface area (Å²) >= 11 is 0.990. The molecule has 3 aromatic heterocycles. The second kappa shape index (κ2) is 6.87. The van der Waals surface area contributed by atoms with E-state index in [1.807, 2.05) is 24.3 Å². The van der Waals surface area contributed by atoms with Gasteiger partial charge in [-0.1, -0.05) is 12.1 Å². The van der Waals surface area contributed by atoms with E-state index < -0.39 is 10.0 Å². The Morgan fingerprint density at radius 1 is 1.00 bits per heavy atom. The number of aromatic nitrogens is 4. The minimum atomic E-state index is -3.70. The van der Waals surface area contributed by atoms with Crippen molar-refractivity contribution in [2.24, 2.45) is 0 Å². The summed E-state index contributed by atoms with van der Waals surface area (Å²) in [5.41, 5.74) is 3.39. The maximum absolute atomic E-state index is 12.6. The Balaban J connectivity index is 1.52. The predicted molar refractivity (Wildman–Crippen MR) is 98.9 cm³/mol. The van der Waals surface area contributed by atoms with Gasteiger partial charge >= 0.3 is 0 Å². The van der Waals surface area contributed by atoms with Crippen LogP contribution >= 0.6 is 11.7 Å². The van der Waals surface area contributed by atoms with Gasteiger partial charge in [-0.15, -0.1) is 0 Å². The molecule has 0 amide bonds. The molecule has 26 heavy (non-hydrogen) atoms. The standard InChI is InChI=1S/C17H13N5O2S2/c23-26(24,16-5-1-4-15-17(16)22-25-21-15)20-10-12-6-7-14(19-9-12)13-3-2-8-18-11-13/h1-9,11,20H,10H2. The third-order valence-corrected chi connectivity index (χ3v) is 5.76. The third-order valence-electron chi connectivity index (χ3n) is 3.79. The van der Waals surface area contributed by atoms with Gasteiger partial charge in [0.1, 0.15) is 15.9 Å². The highest BCUT2D eigenvalue weighted by Gasteiger charge is 2.19. The van der Waals surface area contributed by atoms with Crippen LogP contribution in [0.2, 0.25) is 0 Å². The molecule has 4 rings (SSSR count). The van der Waals surface area contributed by atoms with Crippen LogP contribution in [0.25, 0.3) is 22.3 Å². The maximum Gasteiger partial charge on any atom is 0.243 e. The zero-order valence-corrected chi connectivity index (χ0v) is 15.0. The van der Waals surface area contributed by atoms with E-state index >= 15 is 0 Å². The number of pyridine rings is 2. The lowest BCUT2D eigenvalue weighted by molar-refractivity contribution is 0.582. The molecule has 1 aromatic carbocycles. The quantitative estimate of drug-likeness (QED) is 0.569. The molecule has 0 unspecified atom stereocenters. The van der Waals surface area contributed by atoms with Gasteiger partial charge in [0.15, 0.2) is 0 Å². The first-order valence-electron chi connectivity index (χ1n) is 7.70. The summed E-state index contributed by atoms with van der Waals surface area (Å²) in [6, 6.07) is 12.3. The fraction of sp³-hybridized carbons (Fsp3) is 0.0588. The number of rotatable bonds is 5. The summed E-state index contributed by atoms with van der Waals surface area (Å²) in [5, 5.41) is 0. The van der Waals surface area contributed by atoms with E-state index in [0.717, 1.165) is 28.5 Å². The van der Waals surface area contributed by atoms with Crippen LogP contribution in [-0.4, -0.2) is 27.1 Å². The van der Waals surface area contributed by atoms with Crippen molar-refractivity contribution in [3.63, 3.8) is 0 Å². The molecular weight excluding hydrogens is 370 g/mol. The Kier molecular flexibility index (Phi) is 4.41. The molecule has 130 valence electrons. The number of benzene rings is 1. The highest BCUT2D eigenvalue weighted by Crippen LogP contribution is 2.21. The summed E-state index contributed by atoms with van der Waals surface area (Å²) in [4.78, 5) is 8.56. The van der Waals surface area contributed by atoms with E-state index in [1.165, 1.54) is 6.07 Å². The SMILES string of the molecule is O=S(=O)(NCc1ccc(-c2cccnc2)nc1)c1cccc2nsnc12. The number of hydrogen-bond donors (Lipinski definition) is 1. The Labute approximate surface area is 154 Å². The van der Waals surface area contributed by atoms with Crippen molar-refractivity contribution >= 4 is 32.8 Å². The molecule has 9 heteroatoms. The first-order chi connectivity index (χ1) is 12.6. The molecule has 0 spiro atoms. The van der Waals surface area contributed by atoms with Gasteiger partial charge in [0.2, 0.25) is 10.0 Å². The molecule has 0 bridgehead atoms. The Morgan fingerprint density at radius 3 is 2.69 bits per heavy atom. The molecule has 0 aliphatic heterocycles. The average Bonchev–Trinajstić information content (AvgIpc) is 3.16. The second-order valence-electron chi connectivity index (χ2n) is 5.51. The number of hydrogen-bond acceptors (Lipinski definition) is 7.